The third-order valence-corrected chi connectivity index (χ3v) is 3.93. The third-order valence-electron chi connectivity index (χ3n) is 3.93. The van der Waals surface area contributed by atoms with Gasteiger partial charge in [0.15, 0.2) is 23.0 Å². The molecule has 3 rings (SSSR count). The second-order valence-electron chi connectivity index (χ2n) is 5.58. The Morgan fingerprint density at radius 3 is 2.21 bits per heavy atom. The minimum atomic E-state index is -0.0919. The Morgan fingerprint density at radius 1 is 0.917 bits per heavy atom. The fourth-order valence-electron chi connectivity index (χ4n) is 2.48. The monoisotopic (exact) mass is 330 g/mol. The molecule has 0 aliphatic heterocycles. The number of rotatable bonds is 2. The van der Waals surface area contributed by atoms with Crippen molar-refractivity contribution >= 4 is 10.9 Å². The summed E-state index contributed by atoms with van der Waals surface area (Å²) in [5.74, 6) is -0.237. The molecule has 0 saturated carbocycles. The molecule has 0 radical (unpaired) electrons. The molecule has 6 heteroatoms. The third kappa shape index (κ3) is 3.38. The Morgan fingerprint density at radius 2 is 1.58 bits per heavy atom. The van der Waals surface area contributed by atoms with Gasteiger partial charge in [-0.25, -0.2) is 0 Å². The molecule has 0 amide bonds. The van der Waals surface area contributed by atoms with E-state index in [0.29, 0.717) is 24.1 Å². The number of benzene rings is 2. The number of aryl methyl sites for hydroxylation is 2. The highest BCUT2D eigenvalue weighted by molar-refractivity contribution is 5.90. The second-order valence-corrected chi connectivity index (χ2v) is 5.58. The van der Waals surface area contributed by atoms with Crippen molar-refractivity contribution in [2.45, 2.75) is 20.3 Å². The highest BCUT2D eigenvalue weighted by Crippen LogP contribution is 2.38. The van der Waals surface area contributed by atoms with Crippen molar-refractivity contribution in [1.29, 1.82) is 0 Å². The molecular formula is C18H22N2O4. The number of hydrogen-bond acceptors (Lipinski definition) is 5. The lowest BCUT2D eigenvalue weighted by Crippen LogP contribution is -2.02. The van der Waals surface area contributed by atoms with E-state index in [1.165, 1.54) is 12.1 Å². The number of phenolic OH excluding ortho intramolecular Hbond substituents is 4. The second kappa shape index (κ2) is 7.14. The summed E-state index contributed by atoms with van der Waals surface area (Å²) in [4.78, 5) is 3.03. The summed E-state index contributed by atoms with van der Waals surface area (Å²) >= 11 is 0. The molecule has 0 aliphatic carbocycles. The summed E-state index contributed by atoms with van der Waals surface area (Å²) in [7, 11) is 0. The van der Waals surface area contributed by atoms with Crippen molar-refractivity contribution in [3.63, 3.8) is 0 Å². The Kier molecular flexibility index (Phi) is 5.21. The van der Waals surface area contributed by atoms with E-state index in [9.17, 15) is 10.2 Å². The lowest BCUT2D eigenvalue weighted by atomic mass is 10.1. The zero-order valence-electron chi connectivity index (χ0n) is 13.7. The first-order valence-electron chi connectivity index (χ1n) is 7.55. The van der Waals surface area contributed by atoms with Crippen LogP contribution in [0, 0.1) is 13.8 Å². The number of H-pyrrole nitrogens is 1. The summed E-state index contributed by atoms with van der Waals surface area (Å²) in [6, 6.07) is 6.60. The van der Waals surface area contributed by atoms with Crippen LogP contribution in [-0.2, 0) is 6.42 Å². The summed E-state index contributed by atoms with van der Waals surface area (Å²) in [6.07, 6.45) is 2.51. The minimum absolute atomic E-state index is 0.0235. The zero-order chi connectivity index (χ0) is 17.9. The molecular weight excluding hydrogens is 308 g/mol. The van der Waals surface area contributed by atoms with E-state index in [1.807, 2.05) is 6.07 Å². The van der Waals surface area contributed by atoms with Crippen LogP contribution in [-0.4, -0.2) is 32.0 Å². The maximum Gasteiger partial charge on any atom is 0.162 e. The van der Waals surface area contributed by atoms with Gasteiger partial charge in [0.25, 0.3) is 0 Å². The number of fused-ring (bicyclic) bond motifs is 1. The van der Waals surface area contributed by atoms with Crippen LogP contribution in [0.1, 0.15) is 16.7 Å². The molecule has 24 heavy (non-hydrogen) atoms. The van der Waals surface area contributed by atoms with E-state index in [2.05, 4.69) is 4.98 Å². The standard InChI is InChI=1S/C10H11NO2.C8H11NO2/c1-5-7-3-4-11-8(7)6(2)10(13)9(5)12;9-4-3-6-1-2-7(10)8(11)5-6/h3-4,11-13H,1-2H3;1-2,5,10-11H,3-4,9H2. The van der Waals surface area contributed by atoms with Gasteiger partial charge >= 0.3 is 0 Å². The van der Waals surface area contributed by atoms with Gasteiger partial charge in [0, 0.05) is 22.7 Å². The topological polar surface area (TPSA) is 123 Å². The summed E-state index contributed by atoms with van der Waals surface area (Å²) < 4.78 is 0. The van der Waals surface area contributed by atoms with Gasteiger partial charge in [-0.1, -0.05) is 6.07 Å². The fraction of sp³-hybridized carbons (Fsp3) is 0.222. The first kappa shape index (κ1) is 17.5. The summed E-state index contributed by atoms with van der Waals surface area (Å²) in [6.45, 7) is 4.10. The van der Waals surface area contributed by atoms with Gasteiger partial charge in [0.2, 0.25) is 0 Å². The predicted molar refractivity (Wildman–Crippen MR) is 93.6 cm³/mol. The molecule has 128 valence electrons. The molecule has 0 bridgehead atoms. The van der Waals surface area contributed by atoms with E-state index in [1.54, 1.807) is 26.1 Å². The van der Waals surface area contributed by atoms with Crippen LogP contribution < -0.4 is 5.73 Å². The Bertz CT molecular complexity index is 814. The largest absolute Gasteiger partial charge is 0.504 e. The van der Waals surface area contributed by atoms with Crippen molar-refractivity contribution in [3.05, 3.63) is 47.2 Å². The van der Waals surface area contributed by atoms with Crippen molar-refractivity contribution in [2.75, 3.05) is 6.54 Å². The van der Waals surface area contributed by atoms with E-state index in [-0.39, 0.29) is 23.0 Å². The van der Waals surface area contributed by atoms with Crippen LogP contribution >= 0.6 is 0 Å². The van der Waals surface area contributed by atoms with Crippen molar-refractivity contribution in [3.8, 4) is 23.0 Å². The van der Waals surface area contributed by atoms with Crippen LogP contribution in [0.3, 0.4) is 0 Å². The number of aromatic amines is 1. The first-order valence-corrected chi connectivity index (χ1v) is 7.55. The van der Waals surface area contributed by atoms with Gasteiger partial charge in [-0.2, -0.15) is 0 Å². The maximum absolute atomic E-state index is 9.54. The zero-order valence-corrected chi connectivity index (χ0v) is 13.7. The molecule has 0 spiro atoms. The Labute approximate surface area is 139 Å². The number of aromatic hydroxyl groups is 4. The van der Waals surface area contributed by atoms with E-state index < -0.39 is 0 Å². The molecule has 1 heterocycles. The maximum atomic E-state index is 9.54. The van der Waals surface area contributed by atoms with E-state index >= 15 is 0 Å². The molecule has 0 aliphatic rings. The average molecular weight is 330 g/mol. The van der Waals surface area contributed by atoms with Gasteiger partial charge in [-0.15, -0.1) is 0 Å². The molecule has 2 aromatic carbocycles. The number of phenols is 4. The lowest BCUT2D eigenvalue weighted by Gasteiger charge is -2.07. The van der Waals surface area contributed by atoms with Crippen LogP contribution in [0.4, 0.5) is 0 Å². The first-order chi connectivity index (χ1) is 11.4. The normalized spacial score (nSPS) is 10.5. The summed E-state index contributed by atoms with van der Waals surface area (Å²) in [5, 5.41) is 38.0. The quantitative estimate of drug-likeness (QED) is 0.403. The molecule has 0 unspecified atom stereocenters. The van der Waals surface area contributed by atoms with E-state index in [4.69, 9.17) is 15.9 Å². The van der Waals surface area contributed by atoms with Crippen molar-refractivity contribution < 1.29 is 20.4 Å². The molecule has 0 atom stereocenters. The van der Waals surface area contributed by atoms with Gasteiger partial charge in [0.05, 0.1) is 5.52 Å². The van der Waals surface area contributed by atoms with Crippen LogP contribution in [0.15, 0.2) is 30.5 Å². The molecule has 1 aromatic heterocycles. The van der Waals surface area contributed by atoms with Crippen LogP contribution in [0.25, 0.3) is 10.9 Å². The number of aromatic nitrogens is 1. The highest BCUT2D eigenvalue weighted by Gasteiger charge is 2.13. The smallest absolute Gasteiger partial charge is 0.162 e. The van der Waals surface area contributed by atoms with Gasteiger partial charge < -0.3 is 31.1 Å². The predicted octanol–water partition coefficient (Wildman–Crippen LogP) is 2.79. The lowest BCUT2D eigenvalue weighted by molar-refractivity contribution is 0.400. The molecule has 7 N–H and O–H groups in total. The van der Waals surface area contributed by atoms with Gasteiger partial charge in [-0.05, 0) is 50.6 Å². The van der Waals surface area contributed by atoms with Gasteiger partial charge in [0.1, 0.15) is 0 Å². The summed E-state index contributed by atoms with van der Waals surface area (Å²) in [5.41, 5.74) is 8.51. The van der Waals surface area contributed by atoms with Crippen molar-refractivity contribution in [1.82, 2.24) is 4.98 Å². The minimum Gasteiger partial charge on any atom is -0.504 e. The average Bonchev–Trinajstić information content (AvgIpc) is 3.05. The molecule has 6 nitrogen and oxygen atoms in total. The Balaban J connectivity index is 0.000000177. The molecule has 0 fully saturated rings. The van der Waals surface area contributed by atoms with Gasteiger partial charge in [-0.3, -0.25) is 0 Å². The SMILES string of the molecule is Cc1c(O)c(O)c(C)c2[nH]ccc12.NCCc1ccc(O)c(O)c1. The van der Waals surface area contributed by atoms with Crippen LogP contribution in [0.2, 0.25) is 0 Å². The fourth-order valence-corrected chi connectivity index (χ4v) is 2.48. The van der Waals surface area contributed by atoms with E-state index in [0.717, 1.165) is 16.5 Å². The number of nitrogens with one attached hydrogen (secondary N) is 1. The molecule has 3 aromatic rings. The highest BCUT2D eigenvalue weighted by atomic mass is 16.3. The number of hydrogen-bond donors (Lipinski definition) is 6. The van der Waals surface area contributed by atoms with Crippen LogP contribution in [0.5, 0.6) is 23.0 Å². The van der Waals surface area contributed by atoms with Crippen molar-refractivity contribution in [2.24, 2.45) is 5.73 Å². The molecule has 0 saturated heterocycles. The number of nitrogens with two attached hydrogens (primary N) is 1. The Hall–Kier alpha value is -2.86.